The van der Waals surface area contributed by atoms with Crippen LogP contribution in [0.1, 0.15) is 26.6 Å². The monoisotopic (exact) mass is 274 g/mol. The molecule has 0 unspecified atom stereocenters. The summed E-state index contributed by atoms with van der Waals surface area (Å²) in [6.45, 7) is 7.29. The van der Waals surface area contributed by atoms with E-state index >= 15 is 0 Å². The first-order valence-electron chi connectivity index (χ1n) is 6.33. The molecule has 1 aromatic carbocycles. The number of hydrogen-bond acceptors (Lipinski definition) is 4. The van der Waals surface area contributed by atoms with Crippen LogP contribution < -0.4 is 5.32 Å². The average molecular weight is 274 g/mol. The highest BCUT2D eigenvalue weighted by atomic mass is 16.6. The van der Waals surface area contributed by atoms with Crippen molar-refractivity contribution in [1.82, 2.24) is 15.2 Å². The van der Waals surface area contributed by atoms with Gasteiger partial charge in [0, 0.05) is 11.3 Å². The number of aromatic nitrogens is 3. The number of rotatable bonds is 2. The number of amides is 1. The number of benzene rings is 1. The molecule has 1 heterocycles. The number of nitrogens with one attached hydrogen (secondary N) is 2. The Hall–Kier alpha value is -2.37. The summed E-state index contributed by atoms with van der Waals surface area (Å²) in [5.41, 5.74) is 0.935. The van der Waals surface area contributed by atoms with Gasteiger partial charge in [-0.3, -0.25) is 10.4 Å². The zero-order chi connectivity index (χ0) is 14.8. The molecule has 0 bridgehead atoms. The van der Waals surface area contributed by atoms with Gasteiger partial charge in [-0.15, -0.1) is 0 Å². The van der Waals surface area contributed by atoms with Gasteiger partial charge in [-0.1, -0.05) is 12.1 Å². The van der Waals surface area contributed by atoms with Crippen molar-refractivity contribution in [3.8, 4) is 11.4 Å². The maximum Gasteiger partial charge on any atom is 0.412 e. The number of anilines is 1. The molecule has 0 atom stereocenters. The van der Waals surface area contributed by atoms with Gasteiger partial charge in [-0.25, -0.2) is 9.78 Å². The first-order valence-corrected chi connectivity index (χ1v) is 6.33. The van der Waals surface area contributed by atoms with Crippen LogP contribution in [0.3, 0.4) is 0 Å². The van der Waals surface area contributed by atoms with Gasteiger partial charge in [-0.05, 0) is 39.8 Å². The van der Waals surface area contributed by atoms with Crippen LogP contribution in [0.2, 0.25) is 0 Å². The van der Waals surface area contributed by atoms with Crippen molar-refractivity contribution in [1.29, 1.82) is 0 Å². The van der Waals surface area contributed by atoms with Crippen LogP contribution in [0.5, 0.6) is 0 Å². The van der Waals surface area contributed by atoms with E-state index < -0.39 is 11.7 Å². The Kier molecular flexibility index (Phi) is 3.74. The predicted octanol–water partition coefficient (Wildman–Crippen LogP) is 3.13. The molecule has 2 rings (SSSR count). The lowest BCUT2D eigenvalue weighted by Crippen LogP contribution is -2.27. The molecular formula is C14H18N4O2. The fourth-order valence-electron chi connectivity index (χ4n) is 1.63. The van der Waals surface area contributed by atoms with Crippen molar-refractivity contribution in [3.05, 3.63) is 30.1 Å². The smallest absolute Gasteiger partial charge is 0.412 e. The van der Waals surface area contributed by atoms with Crippen LogP contribution in [-0.4, -0.2) is 26.9 Å². The molecule has 2 aromatic rings. The molecule has 6 heteroatoms. The minimum Gasteiger partial charge on any atom is -0.444 e. The molecule has 0 saturated carbocycles. The minimum absolute atomic E-state index is 0.485. The number of hydrogen-bond donors (Lipinski definition) is 2. The molecule has 0 aliphatic heterocycles. The zero-order valence-corrected chi connectivity index (χ0v) is 12.0. The third-order valence-corrected chi connectivity index (χ3v) is 2.36. The Balaban J connectivity index is 2.12. The molecule has 106 valence electrons. The molecule has 20 heavy (non-hydrogen) atoms. The molecule has 0 fully saturated rings. The number of carbonyl (C=O) groups excluding carboxylic acids is 1. The second-order valence-corrected chi connectivity index (χ2v) is 5.45. The first kappa shape index (κ1) is 14.0. The van der Waals surface area contributed by atoms with Gasteiger partial charge < -0.3 is 4.74 Å². The van der Waals surface area contributed by atoms with E-state index in [0.717, 1.165) is 11.4 Å². The number of nitrogens with zero attached hydrogens (tertiary/aromatic N) is 2. The van der Waals surface area contributed by atoms with Crippen LogP contribution in [0.25, 0.3) is 11.4 Å². The summed E-state index contributed by atoms with van der Waals surface area (Å²) in [6.07, 6.45) is -0.485. The van der Waals surface area contributed by atoms with E-state index in [9.17, 15) is 4.79 Å². The van der Waals surface area contributed by atoms with Crippen LogP contribution in [0.4, 0.5) is 10.5 Å². The molecule has 0 saturated heterocycles. The van der Waals surface area contributed by atoms with E-state index in [1.54, 1.807) is 12.1 Å². The third kappa shape index (κ3) is 3.81. The molecule has 0 spiro atoms. The van der Waals surface area contributed by atoms with Gasteiger partial charge >= 0.3 is 6.09 Å². The number of carbonyl (C=O) groups is 1. The summed E-state index contributed by atoms with van der Waals surface area (Å²) in [6, 6.07) is 7.29. The van der Waals surface area contributed by atoms with E-state index in [2.05, 4.69) is 20.5 Å². The normalized spacial score (nSPS) is 11.2. The summed E-state index contributed by atoms with van der Waals surface area (Å²) in [5.74, 6) is 1.33. The Bertz CT molecular complexity index is 614. The van der Waals surface area contributed by atoms with E-state index in [4.69, 9.17) is 4.74 Å². The second-order valence-electron chi connectivity index (χ2n) is 5.45. The molecular weight excluding hydrogens is 256 g/mol. The van der Waals surface area contributed by atoms with Crippen molar-refractivity contribution in [2.24, 2.45) is 0 Å². The first-order chi connectivity index (χ1) is 9.33. The fraction of sp³-hybridized carbons (Fsp3) is 0.357. The van der Waals surface area contributed by atoms with Crippen LogP contribution >= 0.6 is 0 Å². The quantitative estimate of drug-likeness (QED) is 0.881. The fourth-order valence-corrected chi connectivity index (χ4v) is 1.63. The predicted molar refractivity (Wildman–Crippen MR) is 76.4 cm³/mol. The maximum absolute atomic E-state index is 11.7. The Morgan fingerprint density at radius 2 is 2.10 bits per heavy atom. The van der Waals surface area contributed by atoms with E-state index in [0.29, 0.717) is 11.5 Å². The number of H-pyrrole nitrogens is 1. The summed E-state index contributed by atoms with van der Waals surface area (Å²) < 4.78 is 5.20. The van der Waals surface area contributed by atoms with Crippen LogP contribution in [0.15, 0.2) is 24.3 Å². The van der Waals surface area contributed by atoms with Crippen molar-refractivity contribution >= 4 is 11.8 Å². The lowest BCUT2D eigenvalue weighted by molar-refractivity contribution is 0.0636. The standard InChI is InChI=1S/C14H18N4O2/c1-9-15-12(18-17-9)10-6-5-7-11(8-10)16-13(19)20-14(2,3)4/h5-8H,1-4H3,(H,16,19)(H,15,17,18). The highest BCUT2D eigenvalue weighted by Crippen LogP contribution is 2.20. The summed E-state index contributed by atoms with van der Waals surface area (Å²) in [4.78, 5) is 16.0. The minimum atomic E-state index is -0.525. The molecule has 0 aliphatic carbocycles. The molecule has 1 aromatic heterocycles. The lowest BCUT2D eigenvalue weighted by atomic mass is 10.2. The number of aryl methyl sites for hydroxylation is 1. The van der Waals surface area contributed by atoms with E-state index in [-0.39, 0.29) is 0 Å². The number of aromatic amines is 1. The average Bonchev–Trinajstić information content (AvgIpc) is 2.73. The molecule has 2 N–H and O–H groups in total. The maximum atomic E-state index is 11.7. The second kappa shape index (κ2) is 5.32. The van der Waals surface area contributed by atoms with Crippen molar-refractivity contribution < 1.29 is 9.53 Å². The highest BCUT2D eigenvalue weighted by Gasteiger charge is 2.16. The summed E-state index contributed by atoms with van der Waals surface area (Å²) in [5, 5.41) is 9.56. The van der Waals surface area contributed by atoms with Crippen LogP contribution in [0, 0.1) is 6.92 Å². The van der Waals surface area contributed by atoms with Gasteiger partial charge in [0.15, 0.2) is 5.82 Å². The molecule has 1 amide bonds. The Labute approximate surface area is 117 Å². The molecule has 0 radical (unpaired) electrons. The third-order valence-electron chi connectivity index (χ3n) is 2.36. The van der Waals surface area contributed by atoms with Gasteiger partial charge in [-0.2, -0.15) is 5.10 Å². The van der Waals surface area contributed by atoms with Gasteiger partial charge in [0.2, 0.25) is 0 Å². The summed E-state index contributed by atoms with van der Waals surface area (Å²) in [7, 11) is 0. The van der Waals surface area contributed by atoms with Crippen molar-refractivity contribution in [3.63, 3.8) is 0 Å². The Morgan fingerprint density at radius 1 is 1.35 bits per heavy atom. The van der Waals surface area contributed by atoms with Gasteiger partial charge in [0.25, 0.3) is 0 Å². The van der Waals surface area contributed by atoms with E-state index in [1.807, 2.05) is 39.8 Å². The molecule has 0 aliphatic rings. The lowest BCUT2D eigenvalue weighted by Gasteiger charge is -2.19. The largest absolute Gasteiger partial charge is 0.444 e. The van der Waals surface area contributed by atoms with Crippen LogP contribution in [-0.2, 0) is 4.74 Å². The highest BCUT2D eigenvalue weighted by molar-refractivity contribution is 5.85. The topological polar surface area (TPSA) is 79.9 Å². The zero-order valence-electron chi connectivity index (χ0n) is 12.0. The van der Waals surface area contributed by atoms with Gasteiger partial charge in [0.1, 0.15) is 11.4 Å². The SMILES string of the molecule is Cc1nc(-c2cccc(NC(=O)OC(C)(C)C)c2)n[nH]1. The number of ether oxygens (including phenoxy) is 1. The molecule has 6 nitrogen and oxygen atoms in total. The van der Waals surface area contributed by atoms with Gasteiger partial charge in [0.05, 0.1) is 0 Å². The van der Waals surface area contributed by atoms with E-state index in [1.165, 1.54) is 0 Å². The van der Waals surface area contributed by atoms with Crippen molar-refractivity contribution in [2.75, 3.05) is 5.32 Å². The Morgan fingerprint density at radius 3 is 2.70 bits per heavy atom. The summed E-state index contributed by atoms with van der Waals surface area (Å²) >= 11 is 0. The van der Waals surface area contributed by atoms with Crippen molar-refractivity contribution in [2.45, 2.75) is 33.3 Å².